The van der Waals surface area contributed by atoms with Gasteiger partial charge in [-0.3, -0.25) is 4.72 Å². The van der Waals surface area contributed by atoms with Gasteiger partial charge in [-0.15, -0.1) is 0 Å². The second-order valence-electron chi connectivity index (χ2n) is 9.90. The predicted molar refractivity (Wildman–Crippen MR) is 170 cm³/mol. The quantitative estimate of drug-likeness (QED) is 0.141. The predicted octanol–water partition coefficient (Wildman–Crippen LogP) is 8.45. The van der Waals surface area contributed by atoms with Crippen molar-refractivity contribution in [2.24, 2.45) is 0 Å². The number of carboxylic acid groups (broad SMARTS) is 1. The van der Waals surface area contributed by atoms with Crippen molar-refractivity contribution in [3.05, 3.63) is 118 Å². The smallest absolute Gasteiger partial charge is 0.337 e. The molecule has 3 N–H and O–H groups in total. The largest absolute Gasteiger partial charge is 0.478 e. The zero-order valence-corrected chi connectivity index (χ0v) is 25.5. The molecule has 1 unspecified atom stereocenters. The number of rotatable bonds is 10. The Morgan fingerprint density at radius 1 is 0.953 bits per heavy atom. The summed E-state index contributed by atoms with van der Waals surface area (Å²) in [6.07, 6.45) is 3.59. The van der Waals surface area contributed by atoms with Crippen LogP contribution in [-0.4, -0.2) is 35.7 Å². The Kier molecular flexibility index (Phi) is 8.77. The highest BCUT2D eigenvalue weighted by Crippen LogP contribution is 2.34. The molecule has 0 saturated carbocycles. The fraction of sp³-hybridized carbons (Fsp3) is 0.125. The first kappa shape index (κ1) is 30.2. The van der Waals surface area contributed by atoms with Crippen molar-refractivity contribution >= 4 is 44.9 Å². The van der Waals surface area contributed by atoms with E-state index in [0.29, 0.717) is 21.5 Å². The molecule has 0 saturated heterocycles. The van der Waals surface area contributed by atoms with Gasteiger partial charge in [0, 0.05) is 22.6 Å². The SMILES string of the molecule is CCC(c1ccc(-c2ccc(Oc3ccc(C(=O)O)c(NS(C)(=O)=O)c3)cc2)cc1)c1ncc(-c2ccc(Cl)cc2Cl)[nH]1. The summed E-state index contributed by atoms with van der Waals surface area (Å²) in [5.74, 6) is 0.464. The van der Waals surface area contributed by atoms with Crippen LogP contribution in [0.25, 0.3) is 22.4 Å². The van der Waals surface area contributed by atoms with E-state index in [1.165, 1.54) is 18.2 Å². The van der Waals surface area contributed by atoms with Crippen molar-refractivity contribution in [2.75, 3.05) is 11.0 Å². The Morgan fingerprint density at radius 3 is 2.21 bits per heavy atom. The van der Waals surface area contributed by atoms with E-state index in [0.717, 1.165) is 46.4 Å². The molecule has 0 bridgehead atoms. The summed E-state index contributed by atoms with van der Waals surface area (Å²) >= 11 is 12.4. The molecule has 220 valence electrons. The van der Waals surface area contributed by atoms with Crippen molar-refractivity contribution in [2.45, 2.75) is 19.3 Å². The maximum Gasteiger partial charge on any atom is 0.337 e. The number of nitrogens with zero attached hydrogens (tertiary/aromatic N) is 1. The van der Waals surface area contributed by atoms with Crippen LogP contribution in [0.5, 0.6) is 11.5 Å². The van der Waals surface area contributed by atoms with Crippen LogP contribution in [0.1, 0.15) is 41.0 Å². The number of carbonyl (C=O) groups is 1. The van der Waals surface area contributed by atoms with Crippen LogP contribution in [0, 0.1) is 0 Å². The maximum absolute atomic E-state index is 11.7. The fourth-order valence-corrected chi connectivity index (χ4v) is 5.84. The van der Waals surface area contributed by atoms with Crippen molar-refractivity contribution in [1.82, 2.24) is 9.97 Å². The topological polar surface area (TPSA) is 121 Å². The number of hydrogen-bond acceptors (Lipinski definition) is 5. The Labute approximate surface area is 259 Å². The minimum atomic E-state index is -3.68. The number of hydrogen-bond donors (Lipinski definition) is 3. The number of benzene rings is 4. The van der Waals surface area contributed by atoms with Crippen LogP contribution in [0.15, 0.2) is 91.1 Å². The highest BCUT2D eigenvalue weighted by Gasteiger charge is 2.18. The van der Waals surface area contributed by atoms with E-state index in [1.807, 2.05) is 18.2 Å². The number of halogens is 2. The van der Waals surface area contributed by atoms with Gasteiger partial charge in [-0.25, -0.2) is 18.2 Å². The van der Waals surface area contributed by atoms with Gasteiger partial charge in [0.1, 0.15) is 17.3 Å². The molecule has 1 aromatic heterocycles. The highest BCUT2D eigenvalue weighted by atomic mass is 35.5. The van der Waals surface area contributed by atoms with Gasteiger partial charge in [-0.05, 0) is 65.6 Å². The third-order valence-corrected chi connectivity index (χ3v) is 7.95. The highest BCUT2D eigenvalue weighted by molar-refractivity contribution is 7.92. The monoisotopic (exact) mass is 635 g/mol. The molecule has 8 nitrogen and oxygen atoms in total. The normalized spacial score (nSPS) is 12.1. The summed E-state index contributed by atoms with van der Waals surface area (Å²) in [4.78, 5) is 19.5. The summed E-state index contributed by atoms with van der Waals surface area (Å²) in [6.45, 7) is 2.12. The molecule has 0 aliphatic carbocycles. The van der Waals surface area contributed by atoms with E-state index in [4.69, 9.17) is 27.9 Å². The first-order chi connectivity index (χ1) is 20.5. The Morgan fingerprint density at radius 2 is 1.60 bits per heavy atom. The lowest BCUT2D eigenvalue weighted by Crippen LogP contribution is -2.13. The van der Waals surface area contributed by atoms with Crippen LogP contribution in [-0.2, 0) is 10.0 Å². The number of nitrogens with one attached hydrogen (secondary N) is 2. The van der Waals surface area contributed by atoms with Gasteiger partial charge in [0.15, 0.2) is 0 Å². The minimum Gasteiger partial charge on any atom is -0.478 e. The van der Waals surface area contributed by atoms with E-state index in [1.54, 1.807) is 30.5 Å². The first-order valence-corrected chi connectivity index (χ1v) is 15.9. The molecule has 1 atom stereocenters. The molecule has 0 fully saturated rings. The number of aromatic amines is 1. The van der Waals surface area contributed by atoms with E-state index >= 15 is 0 Å². The van der Waals surface area contributed by atoms with Crippen LogP contribution >= 0.6 is 23.2 Å². The summed E-state index contributed by atoms with van der Waals surface area (Å²) in [7, 11) is -3.68. The van der Waals surface area contributed by atoms with Gasteiger partial charge in [0.05, 0.1) is 34.4 Å². The molecule has 5 aromatic rings. The minimum absolute atomic E-state index is 0.0687. The fourth-order valence-electron chi connectivity index (χ4n) is 4.76. The Hall–Kier alpha value is -4.31. The lowest BCUT2D eigenvalue weighted by Gasteiger charge is -2.14. The Bertz CT molecular complexity index is 1890. The van der Waals surface area contributed by atoms with Gasteiger partial charge in [0.2, 0.25) is 10.0 Å². The number of aromatic nitrogens is 2. The van der Waals surface area contributed by atoms with Crippen LogP contribution in [0.2, 0.25) is 10.0 Å². The molecular weight excluding hydrogens is 609 g/mol. The summed E-state index contributed by atoms with van der Waals surface area (Å²) in [6, 6.07) is 25.2. The lowest BCUT2D eigenvalue weighted by molar-refractivity contribution is 0.0698. The van der Waals surface area contributed by atoms with Crippen LogP contribution < -0.4 is 9.46 Å². The zero-order chi connectivity index (χ0) is 30.7. The van der Waals surface area contributed by atoms with E-state index in [9.17, 15) is 18.3 Å². The van der Waals surface area contributed by atoms with E-state index < -0.39 is 16.0 Å². The molecule has 0 spiro atoms. The summed E-state index contributed by atoms with van der Waals surface area (Å²) in [5.41, 5.74) is 4.53. The van der Waals surface area contributed by atoms with Gasteiger partial charge in [-0.2, -0.15) is 0 Å². The molecule has 0 aliphatic rings. The van der Waals surface area contributed by atoms with E-state index in [-0.39, 0.29) is 17.2 Å². The number of imidazole rings is 1. The molecule has 0 amide bonds. The molecule has 0 radical (unpaired) electrons. The second-order valence-corrected chi connectivity index (χ2v) is 12.5. The molecule has 5 rings (SSSR count). The van der Waals surface area contributed by atoms with E-state index in [2.05, 4.69) is 45.9 Å². The molecule has 1 heterocycles. The number of carboxylic acids is 1. The Balaban J connectivity index is 1.30. The number of aromatic carboxylic acids is 1. The lowest BCUT2D eigenvalue weighted by atomic mass is 9.93. The van der Waals surface area contributed by atoms with Crippen molar-refractivity contribution in [3.8, 4) is 33.9 Å². The number of ether oxygens (including phenoxy) is 1. The number of sulfonamides is 1. The summed E-state index contributed by atoms with van der Waals surface area (Å²) in [5, 5.41) is 10.5. The van der Waals surface area contributed by atoms with Crippen molar-refractivity contribution in [3.63, 3.8) is 0 Å². The average molecular weight is 637 g/mol. The van der Waals surface area contributed by atoms with Gasteiger partial charge in [-0.1, -0.05) is 66.5 Å². The maximum atomic E-state index is 11.7. The number of anilines is 1. The third-order valence-electron chi connectivity index (χ3n) is 6.81. The van der Waals surface area contributed by atoms with Gasteiger partial charge < -0.3 is 14.8 Å². The first-order valence-electron chi connectivity index (χ1n) is 13.2. The third kappa shape index (κ3) is 7.19. The van der Waals surface area contributed by atoms with Gasteiger partial charge in [0.25, 0.3) is 0 Å². The van der Waals surface area contributed by atoms with Crippen LogP contribution in [0.3, 0.4) is 0 Å². The zero-order valence-electron chi connectivity index (χ0n) is 23.1. The molecule has 43 heavy (non-hydrogen) atoms. The van der Waals surface area contributed by atoms with Crippen molar-refractivity contribution < 1.29 is 23.1 Å². The standard InChI is InChI=1S/C32H27Cl2N3O5S/c1-3-25(31-35-18-30(36-31)26-14-10-22(33)16-28(26)34)21-6-4-19(5-7-21)20-8-11-23(12-9-20)42-24-13-15-27(32(38)39)29(17-24)37-43(2,40)41/h4-18,25,37H,3H2,1-2H3,(H,35,36)(H,38,39). The molecule has 4 aromatic carbocycles. The molecule has 11 heteroatoms. The second kappa shape index (κ2) is 12.5. The molecule has 0 aliphatic heterocycles. The summed E-state index contributed by atoms with van der Waals surface area (Å²) < 4.78 is 31.5. The average Bonchev–Trinajstić information content (AvgIpc) is 3.43. The van der Waals surface area contributed by atoms with Gasteiger partial charge >= 0.3 is 5.97 Å². The van der Waals surface area contributed by atoms with Crippen LogP contribution in [0.4, 0.5) is 5.69 Å². The van der Waals surface area contributed by atoms with Crippen molar-refractivity contribution in [1.29, 1.82) is 0 Å². The molecular formula is C32H27Cl2N3O5S. The number of H-pyrrole nitrogens is 1.